The third kappa shape index (κ3) is 3.73. The summed E-state index contributed by atoms with van der Waals surface area (Å²) in [7, 11) is 2.03. The predicted octanol–water partition coefficient (Wildman–Crippen LogP) is 3.29. The lowest BCUT2D eigenvalue weighted by Crippen LogP contribution is -2.43. The van der Waals surface area contributed by atoms with Crippen LogP contribution in [0.4, 0.5) is 0 Å². The molecule has 1 saturated heterocycles. The first-order chi connectivity index (χ1) is 10.2. The van der Waals surface area contributed by atoms with Gasteiger partial charge >= 0.3 is 0 Å². The highest BCUT2D eigenvalue weighted by Crippen LogP contribution is 2.23. The minimum atomic E-state index is 0.583. The molecule has 5 heteroatoms. The maximum absolute atomic E-state index is 5.89. The first kappa shape index (κ1) is 14.8. The van der Waals surface area contributed by atoms with Gasteiger partial charge in [-0.3, -0.25) is 4.90 Å². The van der Waals surface area contributed by atoms with Gasteiger partial charge in [0, 0.05) is 22.6 Å². The third-order valence-corrected chi connectivity index (χ3v) is 4.48. The fraction of sp³-hybridized carbons (Fsp3) is 0.438. The lowest BCUT2D eigenvalue weighted by atomic mass is 10.1. The van der Waals surface area contributed by atoms with E-state index < -0.39 is 0 Å². The van der Waals surface area contributed by atoms with Crippen LogP contribution < -0.4 is 5.32 Å². The highest BCUT2D eigenvalue weighted by molar-refractivity contribution is 9.10. The highest BCUT2D eigenvalue weighted by atomic mass is 79.9. The number of nitrogens with zero attached hydrogens (tertiary/aromatic N) is 2. The van der Waals surface area contributed by atoms with Crippen molar-refractivity contribution in [1.82, 2.24) is 15.2 Å². The number of hydrogen-bond donors (Lipinski definition) is 1. The largest absolute Gasteiger partial charge is 0.439 e. The monoisotopic (exact) mass is 349 g/mol. The van der Waals surface area contributed by atoms with Gasteiger partial charge in [0.1, 0.15) is 0 Å². The van der Waals surface area contributed by atoms with Crippen LogP contribution >= 0.6 is 15.9 Å². The Morgan fingerprint density at radius 2 is 2.19 bits per heavy atom. The Morgan fingerprint density at radius 3 is 2.95 bits per heavy atom. The Balaban J connectivity index is 1.66. The summed E-state index contributed by atoms with van der Waals surface area (Å²) in [6.07, 6.45) is 4.30. The Labute approximate surface area is 133 Å². The summed E-state index contributed by atoms with van der Waals surface area (Å²) in [5.41, 5.74) is 1.06. The van der Waals surface area contributed by atoms with Gasteiger partial charge in [-0.1, -0.05) is 28.1 Å². The maximum Gasteiger partial charge on any atom is 0.209 e. The molecule has 0 bridgehead atoms. The molecule has 0 amide bonds. The molecule has 0 aliphatic carbocycles. The van der Waals surface area contributed by atoms with Gasteiger partial charge in [-0.15, -0.1) is 0 Å². The van der Waals surface area contributed by atoms with Crippen molar-refractivity contribution in [3.63, 3.8) is 0 Å². The molecule has 1 aromatic heterocycles. The second-order valence-electron chi connectivity index (χ2n) is 5.49. The lowest BCUT2D eigenvalue weighted by molar-refractivity contribution is 0.173. The van der Waals surface area contributed by atoms with E-state index in [-0.39, 0.29) is 0 Å². The van der Waals surface area contributed by atoms with E-state index in [1.54, 1.807) is 0 Å². The normalized spacial score (nSPS) is 19.8. The standard InChI is InChI=1S/C16H20BrN3O/c1-18-14-3-2-8-20(10-14)11-16-19-9-15(21-16)12-4-6-13(17)7-5-12/h4-7,9,14,18H,2-3,8,10-11H2,1H3. The second-order valence-corrected chi connectivity index (χ2v) is 6.40. The van der Waals surface area contributed by atoms with Crippen LogP contribution in [-0.4, -0.2) is 36.1 Å². The zero-order valence-corrected chi connectivity index (χ0v) is 13.8. The van der Waals surface area contributed by atoms with Crippen molar-refractivity contribution >= 4 is 15.9 Å². The maximum atomic E-state index is 5.89. The number of aromatic nitrogens is 1. The lowest BCUT2D eigenvalue weighted by Gasteiger charge is -2.31. The van der Waals surface area contributed by atoms with Gasteiger partial charge in [0.25, 0.3) is 0 Å². The number of nitrogens with one attached hydrogen (secondary N) is 1. The van der Waals surface area contributed by atoms with Crippen molar-refractivity contribution in [3.05, 3.63) is 40.8 Å². The minimum absolute atomic E-state index is 0.583. The molecule has 1 aliphatic rings. The molecule has 1 N–H and O–H groups in total. The number of rotatable bonds is 4. The molecule has 0 saturated carbocycles. The van der Waals surface area contributed by atoms with Crippen LogP contribution in [0, 0.1) is 0 Å². The van der Waals surface area contributed by atoms with Crippen molar-refractivity contribution in [2.45, 2.75) is 25.4 Å². The van der Waals surface area contributed by atoms with Gasteiger partial charge in [0.2, 0.25) is 5.89 Å². The summed E-state index contributed by atoms with van der Waals surface area (Å²) in [4.78, 5) is 6.82. The third-order valence-electron chi connectivity index (χ3n) is 3.95. The summed E-state index contributed by atoms with van der Waals surface area (Å²) in [6.45, 7) is 2.97. The fourth-order valence-corrected chi connectivity index (χ4v) is 3.02. The quantitative estimate of drug-likeness (QED) is 0.919. The smallest absolute Gasteiger partial charge is 0.209 e. The average Bonchev–Trinajstić information content (AvgIpc) is 2.96. The Hall–Kier alpha value is -1.17. The molecule has 2 heterocycles. The van der Waals surface area contributed by atoms with E-state index in [0.717, 1.165) is 41.3 Å². The molecule has 1 aromatic carbocycles. The molecule has 1 unspecified atom stereocenters. The first-order valence-corrected chi connectivity index (χ1v) is 8.14. The zero-order valence-electron chi connectivity index (χ0n) is 12.2. The van der Waals surface area contributed by atoms with Crippen molar-refractivity contribution in [2.75, 3.05) is 20.1 Å². The van der Waals surface area contributed by atoms with E-state index >= 15 is 0 Å². The van der Waals surface area contributed by atoms with Crippen LogP contribution in [0.15, 0.2) is 39.4 Å². The van der Waals surface area contributed by atoms with E-state index in [0.29, 0.717) is 6.04 Å². The van der Waals surface area contributed by atoms with Gasteiger partial charge < -0.3 is 9.73 Å². The van der Waals surface area contributed by atoms with Crippen LogP contribution in [-0.2, 0) is 6.54 Å². The van der Waals surface area contributed by atoms with E-state index in [2.05, 4.69) is 31.1 Å². The molecule has 1 fully saturated rings. The van der Waals surface area contributed by atoms with Gasteiger partial charge in [-0.05, 0) is 38.6 Å². The van der Waals surface area contributed by atoms with Crippen molar-refractivity contribution in [2.24, 2.45) is 0 Å². The van der Waals surface area contributed by atoms with Gasteiger partial charge in [-0.25, -0.2) is 4.98 Å². The van der Waals surface area contributed by atoms with E-state index in [1.165, 1.54) is 12.8 Å². The van der Waals surface area contributed by atoms with Gasteiger partial charge in [0.15, 0.2) is 5.76 Å². The van der Waals surface area contributed by atoms with E-state index in [1.807, 2.05) is 37.5 Å². The Bertz CT molecular complexity index is 581. The predicted molar refractivity (Wildman–Crippen MR) is 87.0 cm³/mol. The van der Waals surface area contributed by atoms with Crippen LogP contribution in [0.25, 0.3) is 11.3 Å². The number of benzene rings is 1. The average molecular weight is 350 g/mol. The van der Waals surface area contributed by atoms with Crippen LogP contribution in [0.2, 0.25) is 0 Å². The summed E-state index contributed by atoms with van der Waals surface area (Å²) >= 11 is 3.44. The molecule has 3 rings (SSSR count). The SMILES string of the molecule is CNC1CCCN(Cc2ncc(-c3ccc(Br)cc3)o2)C1. The van der Waals surface area contributed by atoms with Crippen molar-refractivity contribution < 1.29 is 4.42 Å². The molecule has 0 radical (unpaired) electrons. The van der Waals surface area contributed by atoms with E-state index in [9.17, 15) is 0 Å². The minimum Gasteiger partial charge on any atom is -0.439 e. The number of hydrogen-bond acceptors (Lipinski definition) is 4. The number of oxazole rings is 1. The first-order valence-electron chi connectivity index (χ1n) is 7.35. The summed E-state index contributed by atoms with van der Waals surface area (Å²) < 4.78 is 6.96. The van der Waals surface area contributed by atoms with Gasteiger partial charge in [0.05, 0.1) is 12.7 Å². The topological polar surface area (TPSA) is 41.3 Å². The molecule has 2 aromatic rings. The molecule has 21 heavy (non-hydrogen) atoms. The molecule has 0 spiro atoms. The van der Waals surface area contributed by atoms with Crippen molar-refractivity contribution in [1.29, 1.82) is 0 Å². The molecule has 112 valence electrons. The van der Waals surface area contributed by atoms with E-state index in [4.69, 9.17) is 4.42 Å². The molecular formula is C16H20BrN3O. The molecular weight excluding hydrogens is 330 g/mol. The summed E-state index contributed by atoms with van der Waals surface area (Å²) in [5.74, 6) is 1.63. The number of likely N-dealkylation sites (tertiary alicyclic amines) is 1. The number of halogens is 1. The van der Waals surface area contributed by atoms with Crippen LogP contribution in [0.1, 0.15) is 18.7 Å². The fourth-order valence-electron chi connectivity index (χ4n) is 2.76. The zero-order chi connectivity index (χ0) is 14.7. The Kier molecular flexibility index (Phi) is 4.73. The number of likely N-dealkylation sites (N-methyl/N-ethyl adjacent to an activating group) is 1. The molecule has 4 nitrogen and oxygen atoms in total. The number of piperidine rings is 1. The highest BCUT2D eigenvalue weighted by Gasteiger charge is 2.20. The van der Waals surface area contributed by atoms with Gasteiger partial charge in [-0.2, -0.15) is 0 Å². The molecule has 1 atom stereocenters. The second kappa shape index (κ2) is 6.73. The summed E-state index contributed by atoms with van der Waals surface area (Å²) in [5, 5.41) is 3.36. The van der Waals surface area contributed by atoms with Crippen molar-refractivity contribution in [3.8, 4) is 11.3 Å². The summed E-state index contributed by atoms with van der Waals surface area (Å²) in [6, 6.07) is 8.68. The van der Waals surface area contributed by atoms with Crippen LogP contribution in [0.5, 0.6) is 0 Å². The molecule has 1 aliphatic heterocycles. The Morgan fingerprint density at radius 1 is 1.38 bits per heavy atom. The van der Waals surface area contributed by atoms with Crippen LogP contribution in [0.3, 0.4) is 0 Å².